The summed E-state index contributed by atoms with van der Waals surface area (Å²) in [6.45, 7) is 0.927. The largest absolute Gasteiger partial charge is 0.478 e. The van der Waals surface area contributed by atoms with Crippen molar-refractivity contribution in [3.8, 4) is 0 Å². The number of nitro groups is 1. The number of halogens is 3. The Labute approximate surface area is 196 Å². The molecule has 0 aliphatic carbocycles. The highest BCUT2D eigenvalue weighted by atomic mass is 19.4. The van der Waals surface area contributed by atoms with Crippen LogP contribution in [-0.2, 0) is 15.8 Å². The first-order valence-electron chi connectivity index (χ1n) is 10.5. The van der Waals surface area contributed by atoms with Gasteiger partial charge in [-0.15, -0.1) is 0 Å². The highest BCUT2D eigenvalue weighted by Gasteiger charge is 2.43. The maximum absolute atomic E-state index is 13.0. The van der Waals surface area contributed by atoms with Gasteiger partial charge in [-0.05, 0) is 36.4 Å². The molecule has 184 valence electrons. The van der Waals surface area contributed by atoms with E-state index in [2.05, 4.69) is 0 Å². The summed E-state index contributed by atoms with van der Waals surface area (Å²) in [4.78, 5) is 51.5. The lowest BCUT2D eigenvalue weighted by atomic mass is 10.1. The predicted octanol–water partition coefficient (Wildman–Crippen LogP) is 2.77. The van der Waals surface area contributed by atoms with E-state index in [4.69, 9.17) is 5.11 Å². The summed E-state index contributed by atoms with van der Waals surface area (Å²) in [5.41, 5.74) is -1.45. The number of imide groups is 1. The van der Waals surface area contributed by atoms with Crippen LogP contribution >= 0.6 is 0 Å². The van der Waals surface area contributed by atoms with Crippen LogP contribution in [0.4, 0.5) is 30.2 Å². The van der Waals surface area contributed by atoms with Crippen LogP contribution in [0.15, 0.2) is 42.5 Å². The SMILES string of the molecule is O=C(O)c1ccc(N2C(=O)C[C@H](N3CCN(c4ccc(C(F)(F)F)cc4[N+](=O)[O-])CC3)C2=O)cc1. The molecular formula is C22H19F3N4O6. The van der Waals surface area contributed by atoms with Crippen molar-refractivity contribution in [3.63, 3.8) is 0 Å². The third kappa shape index (κ3) is 4.67. The number of anilines is 2. The molecule has 1 atom stereocenters. The van der Waals surface area contributed by atoms with Gasteiger partial charge in [-0.3, -0.25) is 24.6 Å². The topological polar surface area (TPSA) is 124 Å². The van der Waals surface area contributed by atoms with Gasteiger partial charge in [0.2, 0.25) is 5.91 Å². The molecule has 2 amide bonds. The smallest absolute Gasteiger partial charge is 0.416 e. The Kier molecular flexibility index (Phi) is 6.19. The lowest BCUT2D eigenvalue weighted by Gasteiger charge is -2.37. The maximum Gasteiger partial charge on any atom is 0.416 e. The molecule has 2 fully saturated rings. The Bertz CT molecular complexity index is 1190. The van der Waals surface area contributed by atoms with E-state index < -0.39 is 46.2 Å². The van der Waals surface area contributed by atoms with E-state index in [1.807, 2.05) is 0 Å². The van der Waals surface area contributed by atoms with Crippen LogP contribution in [-0.4, -0.2) is 64.9 Å². The highest BCUT2D eigenvalue weighted by Crippen LogP contribution is 2.37. The normalized spacial score (nSPS) is 19.3. The lowest BCUT2D eigenvalue weighted by Crippen LogP contribution is -2.52. The van der Waals surface area contributed by atoms with Crippen LogP contribution < -0.4 is 9.80 Å². The molecule has 2 saturated heterocycles. The summed E-state index contributed by atoms with van der Waals surface area (Å²) < 4.78 is 38.9. The molecule has 2 aromatic carbocycles. The van der Waals surface area contributed by atoms with E-state index in [-0.39, 0.29) is 49.5 Å². The van der Waals surface area contributed by atoms with Gasteiger partial charge in [0.05, 0.1) is 34.2 Å². The molecule has 0 bridgehead atoms. The van der Waals surface area contributed by atoms with Gasteiger partial charge in [0, 0.05) is 32.2 Å². The molecule has 35 heavy (non-hydrogen) atoms. The minimum Gasteiger partial charge on any atom is -0.478 e. The quantitative estimate of drug-likeness (QED) is 0.384. The fourth-order valence-electron chi connectivity index (χ4n) is 4.31. The molecule has 10 nitrogen and oxygen atoms in total. The van der Waals surface area contributed by atoms with Gasteiger partial charge in [0.1, 0.15) is 5.69 Å². The Morgan fingerprint density at radius 2 is 1.66 bits per heavy atom. The minimum absolute atomic E-state index is 0.0119. The number of carbonyl (C=O) groups excluding carboxylic acids is 2. The first-order chi connectivity index (χ1) is 16.5. The van der Waals surface area contributed by atoms with Gasteiger partial charge in [-0.25, -0.2) is 9.69 Å². The van der Waals surface area contributed by atoms with Crippen molar-refractivity contribution in [2.24, 2.45) is 0 Å². The number of rotatable bonds is 5. The van der Waals surface area contributed by atoms with E-state index in [0.29, 0.717) is 6.07 Å². The molecular weight excluding hydrogens is 473 g/mol. The number of hydrogen-bond acceptors (Lipinski definition) is 7. The van der Waals surface area contributed by atoms with Crippen LogP contribution in [0.2, 0.25) is 0 Å². The first-order valence-corrected chi connectivity index (χ1v) is 10.5. The van der Waals surface area contributed by atoms with Gasteiger partial charge >= 0.3 is 12.1 Å². The average molecular weight is 492 g/mol. The van der Waals surface area contributed by atoms with Crippen LogP contribution in [0.1, 0.15) is 22.3 Å². The van der Waals surface area contributed by atoms with Gasteiger partial charge < -0.3 is 10.0 Å². The molecule has 0 spiro atoms. The molecule has 0 unspecified atom stereocenters. The molecule has 13 heteroatoms. The molecule has 2 aliphatic heterocycles. The number of hydrogen-bond donors (Lipinski definition) is 1. The zero-order chi connectivity index (χ0) is 25.5. The van der Waals surface area contributed by atoms with Crippen molar-refractivity contribution >= 4 is 34.8 Å². The monoisotopic (exact) mass is 492 g/mol. The fraction of sp³-hybridized carbons (Fsp3) is 0.318. The summed E-state index contributed by atoms with van der Waals surface area (Å²) in [6, 6.07) is 6.96. The summed E-state index contributed by atoms with van der Waals surface area (Å²) >= 11 is 0. The van der Waals surface area contributed by atoms with Crippen LogP contribution in [0.3, 0.4) is 0 Å². The van der Waals surface area contributed by atoms with Gasteiger partial charge in [-0.2, -0.15) is 13.2 Å². The number of carbonyl (C=O) groups is 3. The number of nitro benzene ring substituents is 1. The maximum atomic E-state index is 13.0. The Balaban J connectivity index is 1.46. The summed E-state index contributed by atoms with van der Waals surface area (Å²) in [6.07, 6.45) is -4.79. The molecule has 2 aromatic rings. The Hall–Kier alpha value is -4.00. The molecule has 0 aromatic heterocycles. The summed E-state index contributed by atoms with van der Waals surface area (Å²) in [5, 5.41) is 20.4. The number of piperazine rings is 1. The van der Waals surface area contributed by atoms with Gasteiger partial charge in [0.25, 0.3) is 11.6 Å². The predicted molar refractivity (Wildman–Crippen MR) is 116 cm³/mol. The number of alkyl halides is 3. The minimum atomic E-state index is -4.71. The molecule has 1 N–H and O–H groups in total. The number of nitrogens with zero attached hydrogens (tertiary/aromatic N) is 4. The van der Waals surface area contributed by atoms with Crippen molar-refractivity contribution in [2.45, 2.75) is 18.6 Å². The number of carboxylic acid groups (broad SMARTS) is 1. The molecule has 0 saturated carbocycles. The van der Waals surface area contributed by atoms with E-state index in [1.165, 1.54) is 24.3 Å². The summed E-state index contributed by atoms with van der Waals surface area (Å²) in [5.74, 6) is -2.05. The second kappa shape index (κ2) is 8.98. The second-order valence-corrected chi connectivity index (χ2v) is 8.12. The van der Waals surface area contributed by atoms with Crippen molar-refractivity contribution in [3.05, 3.63) is 63.7 Å². The standard InChI is InChI=1S/C22H19F3N4O6/c23-22(24,25)14-3-6-16(17(11-14)29(34)35)26-7-9-27(10-8-26)18-12-19(30)28(20(18)31)15-4-1-13(2-5-15)21(32)33/h1-6,11,18H,7-10,12H2,(H,32,33)/t18-/m0/s1. The Morgan fingerprint density at radius 1 is 1.03 bits per heavy atom. The molecule has 0 radical (unpaired) electrons. The number of benzene rings is 2. The molecule has 2 heterocycles. The second-order valence-electron chi connectivity index (χ2n) is 8.12. The zero-order valence-corrected chi connectivity index (χ0v) is 18.1. The first kappa shape index (κ1) is 24.1. The van der Waals surface area contributed by atoms with Crippen LogP contribution in [0, 0.1) is 10.1 Å². The zero-order valence-electron chi connectivity index (χ0n) is 18.1. The Morgan fingerprint density at radius 3 is 2.20 bits per heavy atom. The third-order valence-electron chi connectivity index (χ3n) is 6.09. The fourth-order valence-corrected chi connectivity index (χ4v) is 4.31. The van der Waals surface area contributed by atoms with Crippen molar-refractivity contribution < 1.29 is 37.6 Å². The van der Waals surface area contributed by atoms with E-state index in [0.717, 1.165) is 17.0 Å². The number of carboxylic acids is 1. The van der Waals surface area contributed by atoms with Gasteiger partial charge in [0.15, 0.2) is 0 Å². The van der Waals surface area contributed by atoms with Crippen LogP contribution in [0.25, 0.3) is 0 Å². The lowest BCUT2D eigenvalue weighted by molar-refractivity contribution is -0.384. The van der Waals surface area contributed by atoms with Crippen molar-refractivity contribution in [2.75, 3.05) is 36.0 Å². The van der Waals surface area contributed by atoms with E-state index in [1.54, 1.807) is 9.80 Å². The van der Waals surface area contributed by atoms with E-state index >= 15 is 0 Å². The summed E-state index contributed by atoms with van der Waals surface area (Å²) in [7, 11) is 0. The highest BCUT2D eigenvalue weighted by molar-refractivity contribution is 6.22. The average Bonchev–Trinajstić information content (AvgIpc) is 3.12. The van der Waals surface area contributed by atoms with Gasteiger partial charge in [-0.1, -0.05) is 0 Å². The van der Waals surface area contributed by atoms with Crippen molar-refractivity contribution in [1.82, 2.24) is 4.90 Å². The molecule has 4 rings (SSSR count). The number of aromatic carboxylic acids is 1. The van der Waals surface area contributed by atoms with Crippen molar-refractivity contribution in [1.29, 1.82) is 0 Å². The molecule has 2 aliphatic rings. The number of amides is 2. The third-order valence-corrected chi connectivity index (χ3v) is 6.09. The van der Waals surface area contributed by atoms with E-state index in [9.17, 15) is 37.7 Å². The van der Waals surface area contributed by atoms with Crippen LogP contribution in [0.5, 0.6) is 0 Å².